The number of ether oxygens (including phenoxy) is 2. The molecule has 0 aliphatic carbocycles. The van der Waals surface area contributed by atoms with Crippen molar-refractivity contribution >= 4 is 18.1 Å². The normalized spacial score (nSPS) is 11.3. The third-order valence-corrected chi connectivity index (χ3v) is 2.71. The Kier molecular flexibility index (Phi) is 7.32. The minimum atomic E-state index is -0.486. The third kappa shape index (κ3) is 8.04. The predicted molar refractivity (Wildman–Crippen MR) is 90.3 cm³/mol. The lowest BCUT2D eigenvalue weighted by Gasteiger charge is -2.19. The highest BCUT2D eigenvalue weighted by Crippen LogP contribution is 2.08. The van der Waals surface area contributed by atoms with Crippen LogP contribution in [0, 0.1) is 0 Å². The predicted octanol–water partition coefficient (Wildman–Crippen LogP) is 3.79. The van der Waals surface area contributed by atoms with E-state index >= 15 is 0 Å². The van der Waals surface area contributed by atoms with Crippen molar-refractivity contribution in [2.24, 2.45) is 0 Å². The first-order chi connectivity index (χ1) is 10.8. The van der Waals surface area contributed by atoms with E-state index < -0.39 is 11.7 Å². The topological polar surface area (TPSA) is 64.6 Å². The van der Waals surface area contributed by atoms with Crippen molar-refractivity contribution in [2.75, 3.05) is 13.2 Å². The van der Waals surface area contributed by atoms with Gasteiger partial charge in [-0.15, -0.1) is 0 Å². The molecule has 1 aromatic carbocycles. The van der Waals surface area contributed by atoms with Crippen LogP contribution in [0.15, 0.2) is 30.3 Å². The molecule has 0 saturated heterocycles. The lowest BCUT2D eigenvalue weighted by atomic mass is 10.1. The fourth-order valence-electron chi connectivity index (χ4n) is 1.74. The zero-order chi connectivity index (χ0) is 17.3. The van der Waals surface area contributed by atoms with Gasteiger partial charge in [0.25, 0.3) is 0 Å². The molecule has 1 rings (SSSR count). The number of hydrogen-bond acceptors (Lipinski definition) is 4. The van der Waals surface area contributed by atoms with Gasteiger partial charge >= 0.3 is 12.1 Å². The first kappa shape index (κ1) is 18.7. The Morgan fingerprint density at radius 2 is 1.83 bits per heavy atom. The summed E-state index contributed by atoms with van der Waals surface area (Å²) in [4.78, 5) is 23.0. The monoisotopic (exact) mass is 319 g/mol. The number of rotatable bonds is 6. The molecular formula is C18H25NO4. The second-order valence-corrected chi connectivity index (χ2v) is 5.96. The molecular weight excluding hydrogens is 294 g/mol. The summed E-state index contributed by atoms with van der Waals surface area (Å²) in [6.07, 6.45) is 4.17. The first-order valence-corrected chi connectivity index (χ1v) is 7.72. The zero-order valence-corrected chi connectivity index (χ0v) is 14.2. The standard InChI is InChI=1S/C18H25NO4/c1-5-22-16(20)15-11-9-14(10-12-15)8-6-7-13-19-17(21)23-18(2,3)4/h6,8-12H,5,7,13H2,1-4H3,(H,19,21). The van der Waals surface area contributed by atoms with Crippen LogP contribution in [-0.2, 0) is 9.47 Å². The number of benzene rings is 1. The maximum Gasteiger partial charge on any atom is 0.407 e. The molecule has 0 unspecified atom stereocenters. The van der Waals surface area contributed by atoms with Gasteiger partial charge < -0.3 is 14.8 Å². The molecule has 0 bridgehead atoms. The van der Waals surface area contributed by atoms with Crippen LogP contribution in [-0.4, -0.2) is 30.8 Å². The van der Waals surface area contributed by atoms with Crippen LogP contribution in [0.2, 0.25) is 0 Å². The van der Waals surface area contributed by atoms with E-state index in [1.54, 1.807) is 19.1 Å². The van der Waals surface area contributed by atoms with Crippen molar-refractivity contribution in [1.82, 2.24) is 5.32 Å². The van der Waals surface area contributed by atoms with Gasteiger partial charge in [0.15, 0.2) is 0 Å². The van der Waals surface area contributed by atoms with E-state index in [4.69, 9.17) is 9.47 Å². The van der Waals surface area contributed by atoms with Crippen LogP contribution in [0.25, 0.3) is 6.08 Å². The van der Waals surface area contributed by atoms with Crippen molar-refractivity contribution in [3.8, 4) is 0 Å². The van der Waals surface area contributed by atoms with Gasteiger partial charge in [0.1, 0.15) is 5.60 Å². The minimum Gasteiger partial charge on any atom is -0.462 e. The fourth-order valence-corrected chi connectivity index (χ4v) is 1.74. The minimum absolute atomic E-state index is 0.315. The Bertz CT molecular complexity index is 541. The number of esters is 1. The van der Waals surface area contributed by atoms with E-state index in [0.717, 1.165) is 5.56 Å². The Morgan fingerprint density at radius 1 is 1.17 bits per heavy atom. The molecule has 0 spiro atoms. The summed E-state index contributed by atoms with van der Waals surface area (Å²) in [7, 11) is 0. The molecule has 0 heterocycles. The molecule has 0 aliphatic rings. The average molecular weight is 319 g/mol. The maximum absolute atomic E-state index is 11.5. The van der Waals surface area contributed by atoms with Crippen molar-refractivity contribution in [3.05, 3.63) is 41.5 Å². The highest BCUT2D eigenvalue weighted by atomic mass is 16.6. The van der Waals surface area contributed by atoms with Gasteiger partial charge in [0, 0.05) is 6.54 Å². The van der Waals surface area contributed by atoms with E-state index in [1.807, 2.05) is 45.1 Å². The SMILES string of the molecule is CCOC(=O)c1ccc(C=CCCNC(=O)OC(C)(C)C)cc1. The summed E-state index contributed by atoms with van der Waals surface area (Å²) in [5, 5.41) is 2.69. The van der Waals surface area contributed by atoms with Gasteiger partial charge in [-0.2, -0.15) is 0 Å². The molecule has 0 fully saturated rings. The van der Waals surface area contributed by atoms with Gasteiger partial charge in [0.05, 0.1) is 12.2 Å². The number of amides is 1. The summed E-state index contributed by atoms with van der Waals surface area (Å²) in [5.41, 5.74) is 1.03. The van der Waals surface area contributed by atoms with Crippen molar-refractivity contribution in [2.45, 2.75) is 39.7 Å². The lowest BCUT2D eigenvalue weighted by Crippen LogP contribution is -2.32. The number of carbonyl (C=O) groups excluding carboxylic acids is 2. The van der Waals surface area contributed by atoms with Crippen LogP contribution in [0.5, 0.6) is 0 Å². The highest BCUT2D eigenvalue weighted by Gasteiger charge is 2.15. The van der Waals surface area contributed by atoms with Crippen LogP contribution in [0.1, 0.15) is 50.0 Å². The van der Waals surface area contributed by atoms with Crippen LogP contribution in [0.4, 0.5) is 4.79 Å². The summed E-state index contributed by atoms with van der Waals surface area (Å²) < 4.78 is 10.1. The van der Waals surface area contributed by atoms with Gasteiger partial charge in [-0.1, -0.05) is 24.3 Å². The Hall–Kier alpha value is -2.30. The quantitative estimate of drug-likeness (QED) is 0.640. The number of nitrogens with one attached hydrogen (secondary N) is 1. The Balaban J connectivity index is 2.35. The summed E-state index contributed by atoms with van der Waals surface area (Å²) in [6, 6.07) is 7.17. The zero-order valence-electron chi connectivity index (χ0n) is 14.2. The lowest BCUT2D eigenvalue weighted by molar-refractivity contribution is 0.0517. The van der Waals surface area contributed by atoms with E-state index in [1.165, 1.54) is 0 Å². The van der Waals surface area contributed by atoms with E-state index in [-0.39, 0.29) is 5.97 Å². The molecule has 0 aromatic heterocycles. The molecule has 1 aromatic rings. The number of hydrogen-bond donors (Lipinski definition) is 1. The van der Waals surface area contributed by atoms with Gasteiger partial charge in [0.2, 0.25) is 0 Å². The summed E-state index contributed by atoms with van der Waals surface area (Å²) in [6.45, 7) is 8.13. The molecule has 1 amide bonds. The van der Waals surface area contributed by atoms with Gasteiger partial charge in [-0.3, -0.25) is 0 Å². The number of alkyl carbamates (subject to hydrolysis) is 1. The first-order valence-electron chi connectivity index (χ1n) is 7.72. The molecule has 126 valence electrons. The summed E-state index contributed by atoms with van der Waals surface area (Å²) >= 11 is 0. The summed E-state index contributed by atoms with van der Waals surface area (Å²) in [5.74, 6) is -0.315. The third-order valence-electron chi connectivity index (χ3n) is 2.71. The Labute approximate surface area is 137 Å². The molecule has 0 atom stereocenters. The molecule has 5 nitrogen and oxygen atoms in total. The van der Waals surface area contributed by atoms with E-state index in [2.05, 4.69) is 5.32 Å². The van der Waals surface area contributed by atoms with Crippen molar-refractivity contribution in [3.63, 3.8) is 0 Å². The van der Waals surface area contributed by atoms with Crippen LogP contribution in [0.3, 0.4) is 0 Å². The maximum atomic E-state index is 11.5. The molecule has 5 heteroatoms. The second kappa shape index (κ2) is 8.98. The smallest absolute Gasteiger partial charge is 0.407 e. The molecule has 0 radical (unpaired) electrons. The van der Waals surface area contributed by atoms with Gasteiger partial charge in [-0.05, 0) is 51.8 Å². The largest absolute Gasteiger partial charge is 0.462 e. The number of carbonyl (C=O) groups is 2. The molecule has 0 saturated carbocycles. The Morgan fingerprint density at radius 3 is 2.39 bits per heavy atom. The van der Waals surface area contributed by atoms with Crippen LogP contribution >= 0.6 is 0 Å². The molecule has 23 heavy (non-hydrogen) atoms. The second-order valence-electron chi connectivity index (χ2n) is 5.96. The highest BCUT2D eigenvalue weighted by molar-refractivity contribution is 5.89. The van der Waals surface area contributed by atoms with Crippen molar-refractivity contribution < 1.29 is 19.1 Å². The average Bonchev–Trinajstić information content (AvgIpc) is 2.46. The molecule has 0 aliphatic heterocycles. The van der Waals surface area contributed by atoms with E-state index in [0.29, 0.717) is 25.1 Å². The molecule has 1 N–H and O–H groups in total. The van der Waals surface area contributed by atoms with E-state index in [9.17, 15) is 9.59 Å². The van der Waals surface area contributed by atoms with Gasteiger partial charge in [-0.25, -0.2) is 9.59 Å². The van der Waals surface area contributed by atoms with Crippen molar-refractivity contribution in [1.29, 1.82) is 0 Å². The fraction of sp³-hybridized carbons (Fsp3) is 0.444. The van der Waals surface area contributed by atoms with Crippen LogP contribution < -0.4 is 5.32 Å².